The first kappa shape index (κ1) is 11.7. The fourth-order valence-corrected chi connectivity index (χ4v) is 1.53. The number of aliphatic hydroxyl groups excluding tert-OH is 1. The number of hydrogen-bond acceptors (Lipinski definition) is 4. The van der Waals surface area contributed by atoms with Gasteiger partial charge in [-0.25, -0.2) is 0 Å². The fourth-order valence-electron chi connectivity index (χ4n) is 1.53. The SMILES string of the molecule is C[C@@H](CO)NC(=O)C1COc2ccccc2O1. The summed E-state index contributed by atoms with van der Waals surface area (Å²) in [5.41, 5.74) is 0. The Hall–Kier alpha value is -1.75. The standard InChI is InChI=1S/C12H15NO4/c1-8(6-14)13-12(15)11-7-16-9-4-2-3-5-10(9)17-11/h2-5,8,11,14H,6-7H2,1H3,(H,13,15)/t8-,11?/m0/s1. The molecule has 0 saturated heterocycles. The van der Waals surface area contributed by atoms with Crippen molar-refractivity contribution in [1.82, 2.24) is 5.32 Å². The van der Waals surface area contributed by atoms with Gasteiger partial charge in [-0.15, -0.1) is 0 Å². The summed E-state index contributed by atoms with van der Waals surface area (Å²) in [6, 6.07) is 6.92. The first-order valence-corrected chi connectivity index (χ1v) is 5.50. The molecule has 1 aromatic carbocycles. The second-order valence-corrected chi connectivity index (χ2v) is 3.96. The minimum atomic E-state index is -0.668. The van der Waals surface area contributed by atoms with Crippen LogP contribution in [0, 0.1) is 0 Å². The minimum Gasteiger partial charge on any atom is -0.485 e. The number of carbonyl (C=O) groups excluding carboxylic acids is 1. The van der Waals surface area contributed by atoms with Gasteiger partial charge < -0.3 is 19.9 Å². The zero-order valence-corrected chi connectivity index (χ0v) is 9.55. The molecular weight excluding hydrogens is 222 g/mol. The number of amides is 1. The normalized spacial score (nSPS) is 19.5. The maximum absolute atomic E-state index is 11.7. The third-order valence-corrected chi connectivity index (χ3v) is 2.46. The van der Waals surface area contributed by atoms with Gasteiger partial charge >= 0.3 is 0 Å². The summed E-state index contributed by atoms with van der Waals surface area (Å²) in [4.78, 5) is 11.7. The molecule has 0 fully saturated rings. The van der Waals surface area contributed by atoms with Crippen LogP contribution in [0.3, 0.4) is 0 Å². The number of fused-ring (bicyclic) bond motifs is 1. The number of hydrogen-bond donors (Lipinski definition) is 2. The molecule has 5 nitrogen and oxygen atoms in total. The topological polar surface area (TPSA) is 67.8 Å². The van der Waals surface area contributed by atoms with E-state index in [1.165, 1.54) is 0 Å². The van der Waals surface area contributed by atoms with Crippen molar-refractivity contribution in [3.8, 4) is 11.5 Å². The average Bonchev–Trinajstić information content (AvgIpc) is 2.38. The molecule has 0 aromatic heterocycles. The molecule has 17 heavy (non-hydrogen) atoms. The fraction of sp³-hybridized carbons (Fsp3) is 0.417. The van der Waals surface area contributed by atoms with Crippen LogP contribution in [-0.4, -0.2) is 36.4 Å². The molecule has 0 radical (unpaired) electrons. The third kappa shape index (κ3) is 2.68. The number of aliphatic hydroxyl groups is 1. The van der Waals surface area contributed by atoms with Gasteiger partial charge in [-0.2, -0.15) is 0 Å². The summed E-state index contributed by atoms with van der Waals surface area (Å²) in [6.07, 6.45) is -0.668. The van der Waals surface area contributed by atoms with Gasteiger partial charge in [-0.3, -0.25) is 4.79 Å². The summed E-state index contributed by atoms with van der Waals surface area (Å²) >= 11 is 0. The van der Waals surface area contributed by atoms with Gasteiger partial charge in [0.15, 0.2) is 11.5 Å². The van der Waals surface area contributed by atoms with Crippen LogP contribution in [0.4, 0.5) is 0 Å². The Kier molecular flexibility index (Phi) is 3.49. The molecule has 1 aromatic rings. The first-order chi connectivity index (χ1) is 8.20. The van der Waals surface area contributed by atoms with Crippen LogP contribution in [0.1, 0.15) is 6.92 Å². The molecule has 1 heterocycles. The number of para-hydroxylation sites is 2. The van der Waals surface area contributed by atoms with E-state index in [0.29, 0.717) is 11.5 Å². The summed E-state index contributed by atoms with van der Waals surface area (Å²) in [5, 5.41) is 11.5. The molecule has 0 bridgehead atoms. The molecule has 92 valence electrons. The van der Waals surface area contributed by atoms with Crippen LogP contribution in [-0.2, 0) is 4.79 Å². The third-order valence-electron chi connectivity index (χ3n) is 2.46. The van der Waals surface area contributed by atoms with Crippen LogP contribution < -0.4 is 14.8 Å². The molecular formula is C12H15NO4. The van der Waals surface area contributed by atoms with E-state index in [-0.39, 0.29) is 25.2 Å². The molecule has 2 atom stereocenters. The van der Waals surface area contributed by atoms with Crippen molar-refractivity contribution in [3.63, 3.8) is 0 Å². The highest BCUT2D eigenvalue weighted by Gasteiger charge is 2.27. The minimum absolute atomic E-state index is 0.101. The zero-order valence-electron chi connectivity index (χ0n) is 9.55. The highest BCUT2D eigenvalue weighted by Crippen LogP contribution is 2.30. The van der Waals surface area contributed by atoms with Crippen molar-refractivity contribution >= 4 is 5.91 Å². The van der Waals surface area contributed by atoms with E-state index in [0.717, 1.165) is 0 Å². The Morgan fingerprint density at radius 1 is 1.53 bits per heavy atom. The number of nitrogens with one attached hydrogen (secondary N) is 1. The Morgan fingerprint density at radius 2 is 2.24 bits per heavy atom. The van der Waals surface area contributed by atoms with Crippen LogP contribution >= 0.6 is 0 Å². The van der Waals surface area contributed by atoms with Gasteiger partial charge in [0.2, 0.25) is 6.10 Å². The maximum Gasteiger partial charge on any atom is 0.264 e. The molecule has 1 unspecified atom stereocenters. The second kappa shape index (κ2) is 5.05. The lowest BCUT2D eigenvalue weighted by Gasteiger charge is -2.26. The Morgan fingerprint density at radius 3 is 2.94 bits per heavy atom. The molecule has 0 spiro atoms. The molecule has 1 aliphatic rings. The van der Waals surface area contributed by atoms with Crippen molar-refractivity contribution in [2.45, 2.75) is 19.1 Å². The molecule has 2 N–H and O–H groups in total. The number of rotatable bonds is 3. The van der Waals surface area contributed by atoms with Crippen molar-refractivity contribution in [3.05, 3.63) is 24.3 Å². The monoisotopic (exact) mass is 237 g/mol. The van der Waals surface area contributed by atoms with Crippen LogP contribution in [0.25, 0.3) is 0 Å². The smallest absolute Gasteiger partial charge is 0.264 e. The second-order valence-electron chi connectivity index (χ2n) is 3.96. The van der Waals surface area contributed by atoms with Crippen molar-refractivity contribution in [2.75, 3.05) is 13.2 Å². The molecule has 1 amide bonds. The van der Waals surface area contributed by atoms with Gasteiger partial charge in [-0.05, 0) is 19.1 Å². The quantitative estimate of drug-likeness (QED) is 0.794. The van der Waals surface area contributed by atoms with Gasteiger partial charge in [0, 0.05) is 6.04 Å². The van der Waals surface area contributed by atoms with Gasteiger partial charge in [-0.1, -0.05) is 12.1 Å². The number of carbonyl (C=O) groups is 1. The highest BCUT2D eigenvalue weighted by atomic mass is 16.6. The van der Waals surface area contributed by atoms with E-state index >= 15 is 0 Å². The van der Waals surface area contributed by atoms with Gasteiger partial charge in [0.05, 0.1) is 6.61 Å². The Balaban J connectivity index is 2.00. The van der Waals surface area contributed by atoms with Gasteiger partial charge in [0.1, 0.15) is 6.61 Å². The van der Waals surface area contributed by atoms with Crippen molar-refractivity contribution in [2.24, 2.45) is 0 Å². The summed E-state index contributed by atoms with van der Waals surface area (Å²) in [6.45, 7) is 1.80. The van der Waals surface area contributed by atoms with Crippen molar-refractivity contribution in [1.29, 1.82) is 0 Å². The van der Waals surface area contributed by atoms with E-state index in [4.69, 9.17) is 14.6 Å². The predicted octanol–water partition coefficient (Wildman–Crippen LogP) is 0.323. The molecule has 5 heteroatoms. The lowest BCUT2D eigenvalue weighted by Crippen LogP contribution is -2.47. The largest absolute Gasteiger partial charge is 0.485 e. The number of ether oxygens (including phenoxy) is 2. The molecule has 0 aliphatic carbocycles. The molecule has 0 saturated carbocycles. The van der Waals surface area contributed by atoms with Crippen molar-refractivity contribution < 1.29 is 19.4 Å². The highest BCUT2D eigenvalue weighted by molar-refractivity contribution is 5.82. The Labute approximate surface area is 99.3 Å². The van der Waals surface area contributed by atoms with E-state index in [1.807, 2.05) is 12.1 Å². The lowest BCUT2D eigenvalue weighted by atomic mass is 10.2. The van der Waals surface area contributed by atoms with E-state index in [2.05, 4.69) is 5.32 Å². The Bertz CT molecular complexity index is 407. The summed E-state index contributed by atoms with van der Waals surface area (Å²) < 4.78 is 10.9. The van der Waals surface area contributed by atoms with E-state index in [9.17, 15) is 4.79 Å². The van der Waals surface area contributed by atoms with Crippen LogP contribution in [0.2, 0.25) is 0 Å². The number of benzene rings is 1. The van der Waals surface area contributed by atoms with Crippen LogP contribution in [0.15, 0.2) is 24.3 Å². The van der Waals surface area contributed by atoms with E-state index in [1.54, 1.807) is 19.1 Å². The van der Waals surface area contributed by atoms with Crippen LogP contribution in [0.5, 0.6) is 11.5 Å². The first-order valence-electron chi connectivity index (χ1n) is 5.50. The zero-order chi connectivity index (χ0) is 12.3. The lowest BCUT2D eigenvalue weighted by molar-refractivity contribution is -0.131. The molecule has 1 aliphatic heterocycles. The summed E-state index contributed by atoms with van der Waals surface area (Å²) in [7, 11) is 0. The summed E-state index contributed by atoms with van der Waals surface area (Å²) in [5.74, 6) is 0.934. The van der Waals surface area contributed by atoms with E-state index < -0.39 is 6.10 Å². The molecule has 2 rings (SSSR count). The predicted molar refractivity (Wildman–Crippen MR) is 61.0 cm³/mol. The van der Waals surface area contributed by atoms with Gasteiger partial charge in [0.25, 0.3) is 5.91 Å². The maximum atomic E-state index is 11.7. The average molecular weight is 237 g/mol.